The molecule has 0 saturated heterocycles. The quantitative estimate of drug-likeness (QED) is 0.360. The summed E-state index contributed by atoms with van der Waals surface area (Å²) in [5.74, 6) is 1.18. The summed E-state index contributed by atoms with van der Waals surface area (Å²) in [5.41, 5.74) is -1.06. The molecule has 1 aromatic carbocycles. The second-order valence-electron chi connectivity index (χ2n) is 13.1. The lowest BCUT2D eigenvalue weighted by Crippen LogP contribution is -2.68. The number of aliphatic hydroxyl groups excluding tert-OH is 1. The Bertz CT molecular complexity index is 1230. The maximum absolute atomic E-state index is 12.6. The summed E-state index contributed by atoms with van der Waals surface area (Å²) in [7, 11) is 3.23. The maximum Gasteiger partial charge on any atom is 0.331 e. The number of carbonyl (C=O) groups is 1. The summed E-state index contributed by atoms with van der Waals surface area (Å²) in [6.45, 7) is 2.90. The van der Waals surface area contributed by atoms with Crippen molar-refractivity contribution in [2.75, 3.05) is 20.8 Å². The van der Waals surface area contributed by atoms with Crippen molar-refractivity contribution < 1.29 is 34.3 Å². The molecule has 40 heavy (non-hydrogen) atoms. The number of esters is 1. The van der Waals surface area contributed by atoms with Crippen LogP contribution in [-0.4, -0.2) is 65.6 Å². The fourth-order valence-electron chi connectivity index (χ4n) is 9.75. The maximum atomic E-state index is 12.6. The SMILES string of the molecule is COc1cccc(CN=C[C@]23CC[C@H](O)C[C@]2(O)CC[C@@H]2[C@@H]3CC[C@]3(C)[C@@H](C4=CC(=O)OC4)CC[C@@]23O)c1OC. The first-order valence-electron chi connectivity index (χ1n) is 14.8. The molecule has 8 heteroatoms. The zero-order valence-electron chi connectivity index (χ0n) is 23.9. The minimum Gasteiger partial charge on any atom is -0.493 e. The molecular weight excluding hydrogens is 510 g/mol. The molecule has 0 radical (unpaired) electrons. The number of aliphatic hydroxyl groups is 3. The number of rotatable bonds is 6. The molecule has 4 fully saturated rings. The zero-order chi connectivity index (χ0) is 28.3. The van der Waals surface area contributed by atoms with E-state index in [-0.39, 0.29) is 29.1 Å². The summed E-state index contributed by atoms with van der Waals surface area (Å²) in [6.07, 6.45) is 9.04. The molecule has 218 valence electrons. The van der Waals surface area contributed by atoms with E-state index in [1.165, 1.54) is 0 Å². The van der Waals surface area contributed by atoms with Crippen molar-refractivity contribution in [3.05, 3.63) is 35.4 Å². The van der Waals surface area contributed by atoms with Gasteiger partial charge in [-0.3, -0.25) is 4.99 Å². The molecule has 1 heterocycles. The van der Waals surface area contributed by atoms with E-state index in [2.05, 4.69) is 6.92 Å². The predicted octanol–water partition coefficient (Wildman–Crippen LogP) is 3.99. The van der Waals surface area contributed by atoms with E-state index in [0.717, 1.165) is 30.4 Å². The molecule has 0 spiro atoms. The van der Waals surface area contributed by atoms with Gasteiger partial charge in [-0.05, 0) is 80.8 Å². The minimum absolute atomic E-state index is 0.00296. The van der Waals surface area contributed by atoms with Gasteiger partial charge >= 0.3 is 5.97 Å². The smallest absolute Gasteiger partial charge is 0.331 e. The third-order valence-corrected chi connectivity index (χ3v) is 11.7. The van der Waals surface area contributed by atoms with Crippen LogP contribution >= 0.6 is 0 Å². The highest BCUT2D eigenvalue weighted by molar-refractivity contribution is 5.85. The van der Waals surface area contributed by atoms with Gasteiger partial charge in [-0.1, -0.05) is 19.1 Å². The zero-order valence-corrected chi connectivity index (χ0v) is 23.9. The van der Waals surface area contributed by atoms with Crippen molar-refractivity contribution >= 4 is 12.2 Å². The average molecular weight is 554 g/mol. The summed E-state index contributed by atoms with van der Waals surface area (Å²) >= 11 is 0. The Morgan fingerprint density at radius 1 is 1.05 bits per heavy atom. The second kappa shape index (κ2) is 9.85. The van der Waals surface area contributed by atoms with Gasteiger partial charge in [-0.15, -0.1) is 0 Å². The molecule has 5 aliphatic rings. The normalized spacial score (nSPS) is 42.5. The van der Waals surface area contributed by atoms with Crippen molar-refractivity contribution in [2.45, 2.75) is 88.6 Å². The molecule has 0 bridgehead atoms. The molecule has 1 aromatic rings. The number of nitrogens with zero attached hydrogens (tertiary/aromatic N) is 1. The number of cyclic esters (lactones) is 1. The molecule has 6 rings (SSSR count). The number of hydrogen-bond donors (Lipinski definition) is 3. The van der Waals surface area contributed by atoms with Crippen LogP contribution in [0.15, 0.2) is 34.8 Å². The topological polar surface area (TPSA) is 118 Å². The van der Waals surface area contributed by atoms with Gasteiger partial charge in [-0.25, -0.2) is 4.79 Å². The van der Waals surface area contributed by atoms with E-state index in [0.29, 0.717) is 63.2 Å². The average Bonchev–Trinajstić information content (AvgIpc) is 3.48. The summed E-state index contributed by atoms with van der Waals surface area (Å²) in [5, 5.41) is 35.4. The number of carbonyl (C=O) groups excluding carboxylic acids is 1. The van der Waals surface area contributed by atoms with E-state index in [1.807, 2.05) is 24.4 Å². The first-order valence-corrected chi connectivity index (χ1v) is 14.8. The third-order valence-electron chi connectivity index (χ3n) is 11.7. The van der Waals surface area contributed by atoms with Crippen molar-refractivity contribution in [3.8, 4) is 11.5 Å². The largest absolute Gasteiger partial charge is 0.493 e. The van der Waals surface area contributed by atoms with Crippen LogP contribution in [0, 0.1) is 28.6 Å². The Morgan fingerprint density at radius 3 is 2.58 bits per heavy atom. The van der Waals surface area contributed by atoms with E-state index in [4.69, 9.17) is 19.2 Å². The predicted molar refractivity (Wildman–Crippen MR) is 149 cm³/mol. The van der Waals surface area contributed by atoms with Gasteiger partial charge in [0, 0.05) is 35.1 Å². The lowest BCUT2D eigenvalue weighted by molar-refractivity contribution is -0.237. The Labute approximate surface area is 236 Å². The minimum atomic E-state index is -1.08. The van der Waals surface area contributed by atoms with Crippen molar-refractivity contribution in [3.63, 3.8) is 0 Å². The van der Waals surface area contributed by atoms with Gasteiger partial charge in [0.1, 0.15) is 6.61 Å². The molecule has 1 aliphatic heterocycles. The molecule has 0 amide bonds. The van der Waals surface area contributed by atoms with Crippen LogP contribution in [0.25, 0.3) is 0 Å². The number of methoxy groups -OCH3 is 2. The first kappa shape index (κ1) is 27.7. The number of hydrogen-bond acceptors (Lipinski definition) is 8. The fourth-order valence-corrected chi connectivity index (χ4v) is 9.75. The van der Waals surface area contributed by atoms with E-state index >= 15 is 0 Å². The Morgan fingerprint density at radius 2 is 1.85 bits per heavy atom. The molecule has 3 N–H and O–H groups in total. The Kier molecular flexibility index (Phi) is 6.83. The molecule has 8 atom stereocenters. The summed E-state index contributed by atoms with van der Waals surface area (Å²) in [6, 6.07) is 5.74. The van der Waals surface area contributed by atoms with E-state index in [1.54, 1.807) is 20.3 Å². The number of ether oxygens (including phenoxy) is 3. The molecule has 4 aliphatic carbocycles. The molecule has 8 nitrogen and oxygen atoms in total. The van der Waals surface area contributed by atoms with Crippen LogP contribution in [0.2, 0.25) is 0 Å². The van der Waals surface area contributed by atoms with Crippen molar-refractivity contribution in [2.24, 2.45) is 33.6 Å². The summed E-state index contributed by atoms with van der Waals surface area (Å²) < 4.78 is 16.3. The molecular formula is C32H43NO7. The molecule has 0 aromatic heterocycles. The number of para-hydroxylation sites is 1. The lowest BCUT2D eigenvalue weighted by Gasteiger charge is -2.65. The molecule has 0 unspecified atom stereocenters. The van der Waals surface area contributed by atoms with Gasteiger partial charge in [0.2, 0.25) is 0 Å². The van der Waals surface area contributed by atoms with Gasteiger partial charge in [0.25, 0.3) is 0 Å². The monoisotopic (exact) mass is 553 g/mol. The van der Waals surface area contributed by atoms with E-state index < -0.39 is 22.7 Å². The lowest BCUT2D eigenvalue weighted by atomic mass is 9.41. The van der Waals surface area contributed by atoms with Crippen LogP contribution in [0.4, 0.5) is 0 Å². The standard InChI is InChI=1S/C32H43NO7/c1-29-11-8-24-25(32(29,37)14-10-23(29)21-15-27(35)40-18-21)9-13-31(36)16-22(34)7-12-30(24,31)19-33-17-20-5-4-6-26(38-2)28(20)39-3/h4-6,15,19,22-25,34,36-37H,7-14,16-18H2,1-3H3/t22-,23+,24-,25+,29+,30-,31+,32+/m0/s1. The van der Waals surface area contributed by atoms with Gasteiger partial charge in [0.05, 0.1) is 38.1 Å². The second-order valence-corrected chi connectivity index (χ2v) is 13.1. The number of benzene rings is 1. The Balaban J connectivity index is 1.35. The van der Waals surface area contributed by atoms with Gasteiger partial charge < -0.3 is 29.5 Å². The van der Waals surface area contributed by atoms with Crippen LogP contribution in [0.5, 0.6) is 11.5 Å². The highest BCUT2D eigenvalue weighted by Gasteiger charge is 2.71. The summed E-state index contributed by atoms with van der Waals surface area (Å²) in [4.78, 5) is 16.8. The number of fused-ring (bicyclic) bond motifs is 5. The fraction of sp³-hybridized carbons (Fsp3) is 0.688. The van der Waals surface area contributed by atoms with Gasteiger partial charge in [0.15, 0.2) is 11.5 Å². The number of aliphatic imine (C=N–C) groups is 1. The Hall–Kier alpha value is -2.42. The van der Waals surface area contributed by atoms with Crippen molar-refractivity contribution in [1.29, 1.82) is 0 Å². The van der Waals surface area contributed by atoms with Crippen LogP contribution < -0.4 is 9.47 Å². The van der Waals surface area contributed by atoms with Gasteiger partial charge in [-0.2, -0.15) is 0 Å². The van der Waals surface area contributed by atoms with Crippen molar-refractivity contribution in [1.82, 2.24) is 0 Å². The van der Waals surface area contributed by atoms with Crippen LogP contribution in [-0.2, 0) is 16.1 Å². The molecule has 4 saturated carbocycles. The van der Waals surface area contributed by atoms with Crippen LogP contribution in [0.1, 0.15) is 70.3 Å². The highest BCUT2D eigenvalue weighted by atomic mass is 16.5. The van der Waals surface area contributed by atoms with Crippen LogP contribution in [0.3, 0.4) is 0 Å². The first-order chi connectivity index (χ1) is 19.1. The third kappa shape index (κ3) is 3.89. The highest BCUT2D eigenvalue weighted by Crippen LogP contribution is 2.70. The van der Waals surface area contributed by atoms with E-state index in [9.17, 15) is 20.1 Å².